The van der Waals surface area contributed by atoms with E-state index in [9.17, 15) is 31.5 Å². The summed E-state index contributed by atoms with van der Waals surface area (Å²) in [5, 5.41) is 16.7. The third-order valence-electron chi connectivity index (χ3n) is 5.84. The molecular formula is C25H23F5N6O4. The van der Waals surface area contributed by atoms with Crippen LogP contribution in [0.2, 0.25) is 0 Å². The fourth-order valence-corrected chi connectivity index (χ4v) is 4.10. The summed E-state index contributed by atoms with van der Waals surface area (Å²) < 4.78 is 75.8. The summed E-state index contributed by atoms with van der Waals surface area (Å²) in [6.07, 6.45) is -2.20. The highest BCUT2D eigenvalue weighted by Crippen LogP contribution is 2.32. The third-order valence-corrected chi connectivity index (χ3v) is 5.84. The standard InChI is InChI=1S/C25H23F5N6O4/c1-13(34-20-11-33-35-23(38)21(20)25(28,29)30)6-15(26)12-36-3-2-14-7-18(19(27)8-17(14)24(36)39)22-31-9-16(10-32-22)40-5-4-37/h2-3,7-11,13,15,37H,4-6,12H2,1H3,(H2,34,35,38)/t13-,15-/m1/s1. The molecule has 212 valence electrons. The number of aromatic amines is 1. The number of hydrogen-bond donors (Lipinski definition) is 3. The van der Waals surface area contributed by atoms with E-state index in [1.165, 1.54) is 37.6 Å². The van der Waals surface area contributed by atoms with Crippen LogP contribution in [0.4, 0.5) is 27.6 Å². The Morgan fingerprint density at radius 3 is 2.58 bits per heavy atom. The molecule has 0 bridgehead atoms. The lowest BCUT2D eigenvalue weighted by atomic mass is 10.1. The Morgan fingerprint density at radius 1 is 1.18 bits per heavy atom. The molecule has 2 atom stereocenters. The summed E-state index contributed by atoms with van der Waals surface area (Å²) >= 11 is 0. The van der Waals surface area contributed by atoms with Crippen molar-refractivity contribution in [2.45, 2.75) is 38.3 Å². The maximum absolute atomic E-state index is 14.9. The molecule has 0 saturated carbocycles. The molecule has 40 heavy (non-hydrogen) atoms. The predicted molar refractivity (Wildman–Crippen MR) is 134 cm³/mol. The predicted octanol–water partition coefficient (Wildman–Crippen LogP) is 3.30. The van der Waals surface area contributed by atoms with Crippen molar-refractivity contribution in [2.75, 3.05) is 18.5 Å². The Morgan fingerprint density at radius 2 is 1.90 bits per heavy atom. The van der Waals surface area contributed by atoms with Crippen molar-refractivity contribution >= 4 is 16.5 Å². The van der Waals surface area contributed by atoms with Crippen molar-refractivity contribution in [3.8, 4) is 17.1 Å². The maximum Gasteiger partial charge on any atom is 0.423 e. The second kappa shape index (κ2) is 11.8. The number of aliphatic hydroxyl groups is 1. The van der Waals surface area contributed by atoms with Crippen molar-refractivity contribution in [3.05, 3.63) is 75.1 Å². The lowest BCUT2D eigenvalue weighted by Crippen LogP contribution is -2.30. The minimum Gasteiger partial charge on any atom is -0.488 e. The fraction of sp³-hybridized carbons (Fsp3) is 0.320. The first-order valence-electron chi connectivity index (χ1n) is 11.9. The van der Waals surface area contributed by atoms with Gasteiger partial charge in [-0.3, -0.25) is 9.59 Å². The van der Waals surface area contributed by atoms with E-state index in [1.807, 2.05) is 0 Å². The topological polar surface area (TPSA) is 135 Å². The van der Waals surface area contributed by atoms with E-state index >= 15 is 0 Å². The van der Waals surface area contributed by atoms with E-state index in [1.54, 1.807) is 5.10 Å². The van der Waals surface area contributed by atoms with Crippen LogP contribution in [0.15, 0.2) is 52.6 Å². The van der Waals surface area contributed by atoms with E-state index in [-0.39, 0.29) is 42.2 Å². The van der Waals surface area contributed by atoms with E-state index < -0.39 is 53.1 Å². The monoisotopic (exact) mass is 566 g/mol. The summed E-state index contributed by atoms with van der Waals surface area (Å²) in [5.41, 5.74) is -4.16. The third kappa shape index (κ3) is 6.42. The number of pyridine rings is 1. The number of benzene rings is 1. The molecule has 0 saturated heterocycles. The molecule has 4 rings (SSSR count). The Balaban J connectivity index is 1.49. The zero-order valence-corrected chi connectivity index (χ0v) is 20.9. The molecule has 0 radical (unpaired) electrons. The highest BCUT2D eigenvalue weighted by Gasteiger charge is 2.37. The number of H-pyrrole nitrogens is 1. The molecule has 1 aromatic carbocycles. The van der Waals surface area contributed by atoms with Gasteiger partial charge in [0.1, 0.15) is 24.2 Å². The first-order chi connectivity index (χ1) is 19.0. The molecule has 0 spiro atoms. The van der Waals surface area contributed by atoms with Gasteiger partial charge in [0.15, 0.2) is 11.6 Å². The molecule has 0 amide bonds. The lowest BCUT2D eigenvalue weighted by Gasteiger charge is -2.20. The number of ether oxygens (including phenoxy) is 1. The van der Waals surface area contributed by atoms with Gasteiger partial charge >= 0.3 is 6.18 Å². The first kappa shape index (κ1) is 28.6. The molecule has 4 aromatic rings. The van der Waals surface area contributed by atoms with Gasteiger partial charge in [-0.15, -0.1) is 0 Å². The van der Waals surface area contributed by atoms with Gasteiger partial charge in [-0.1, -0.05) is 0 Å². The minimum absolute atomic E-state index is 0.0190. The highest BCUT2D eigenvalue weighted by molar-refractivity contribution is 5.86. The van der Waals surface area contributed by atoms with Crippen LogP contribution >= 0.6 is 0 Å². The molecule has 0 fully saturated rings. The Kier molecular flexibility index (Phi) is 8.42. The average Bonchev–Trinajstić information content (AvgIpc) is 2.88. The number of halogens is 5. The van der Waals surface area contributed by atoms with Gasteiger partial charge in [-0.05, 0) is 30.5 Å². The summed E-state index contributed by atoms with van der Waals surface area (Å²) in [5.74, 6) is -0.468. The van der Waals surface area contributed by atoms with Gasteiger partial charge in [0.25, 0.3) is 11.1 Å². The maximum atomic E-state index is 14.9. The number of hydrogen-bond acceptors (Lipinski definition) is 8. The second-order valence-corrected chi connectivity index (χ2v) is 8.87. The van der Waals surface area contributed by atoms with Gasteiger partial charge in [0, 0.05) is 18.7 Å². The van der Waals surface area contributed by atoms with Crippen molar-refractivity contribution in [3.63, 3.8) is 0 Å². The number of fused-ring (bicyclic) bond motifs is 1. The molecule has 3 N–H and O–H groups in total. The number of aliphatic hydroxyl groups excluding tert-OH is 1. The van der Waals surface area contributed by atoms with Crippen LogP contribution in [-0.4, -0.2) is 55.3 Å². The van der Waals surface area contributed by atoms with Gasteiger partial charge < -0.3 is 19.7 Å². The van der Waals surface area contributed by atoms with E-state index in [0.717, 1.165) is 16.8 Å². The number of nitrogens with zero attached hydrogens (tertiary/aromatic N) is 4. The number of nitrogens with one attached hydrogen (secondary N) is 2. The van der Waals surface area contributed by atoms with E-state index in [0.29, 0.717) is 5.39 Å². The van der Waals surface area contributed by atoms with Crippen molar-refractivity contribution < 1.29 is 31.8 Å². The molecule has 0 aliphatic heterocycles. The van der Waals surface area contributed by atoms with Crippen LogP contribution in [0.25, 0.3) is 22.2 Å². The molecule has 3 heterocycles. The molecule has 3 aromatic heterocycles. The molecule has 0 aliphatic carbocycles. The van der Waals surface area contributed by atoms with E-state index in [4.69, 9.17) is 9.84 Å². The van der Waals surface area contributed by atoms with E-state index in [2.05, 4.69) is 20.4 Å². The lowest BCUT2D eigenvalue weighted by molar-refractivity contribution is -0.138. The van der Waals surface area contributed by atoms with Crippen LogP contribution in [-0.2, 0) is 12.7 Å². The summed E-state index contributed by atoms with van der Waals surface area (Å²) in [7, 11) is 0. The zero-order valence-electron chi connectivity index (χ0n) is 20.9. The number of anilines is 1. The van der Waals surface area contributed by atoms with Crippen LogP contribution in [0.5, 0.6) is 5.75 Å². The van der Waals surface area contributed by atoms with Crippen LogP contribution in [0, 0.1) is 5.82 Å². The molecule has 10 nitrogen and oxygen atoms in total. The van der Waals surface area contributed by atoms with Gasteiger partial charge in [0.2, 0.25) is 0 Å². The summed E-state index contributed by atoms with van der Waals surface area (Å²) in [6, 6.07) is 3.01. The molecule has 15 heteroatoms. The normalized spacial score (nSPS) is 13.3. The Hall–Kier alpha value is -4.40. The van der Waals surface area contributed by atoms with Crippen LogP contribution < -0.4 is 21.2 Å². The number of alkyl halides is 4. The number of rotatable bonds is 10. The smallest absolute Gasteiger partial charge is 0.423 e. The Bertz CT molecular complexity index is 1610. The van der Waals surface area contributed by atoms with Gasteiger partial charge in [0.05, 0.1) is 48.4 Å². The minimum atomic E-state index is -4.95. The van der Waals surface area contributed by atoms with Crippen molar-refractivity contribution in [2.24, 2.45) is 0 Å². The highest BCUT2D eigenvalue weighted by atomic mass is 19.4. The van der Waals surface area contributed by atoms with Crippen molar-refractivity contribution in [1.29, 1.82) is 0 Å². The van der Waals surface area contributed by atoms with Gasteiger partial charge in [-0.25, -0.2) is 23.8 Å². The van der Waals surface area contributed by atoms with Gasteiger partial charge in [-0.2, -0.15) is 18.3 Å². The largest absolute Gasteiger partial charge is 0.488 e. The van der Waals surface area contributed by atoms with Crippen LogP contribution in [0.3, 0.4) is 0 Å². The zero-order chi connectivity index (χ0) is 29.0. The molecule has 0 unspecified atom stereocenters. The summed E-state index contributed by atoms with van der Waals surface area (Å²) in [4.78, 5) is 32.7. The molecule has 0 aliphatic rings. The molecular weight excluding hydrogens is 543 g/mol. The summed E-state index contributed by atoms with van der Waals surface area (Å²) in [6.45, 7) is 0.816. The number of aromatic nitrogens is 5. The van der Waals surface area contributed by atoms with Crippen molar-refractivity contribution in [1.82, 2.24) is 24.7 Å². The average molecular weight is 566 g/mol. The first-order valence-corrected chi connectivity index (χ1v) is 11.9. The second-order valence-electron chi connectivity index (χ2n) is 8.87. The van der Waals surface area contributed by atoms with Crippen LogP contribution in [0.1, 0.15) is 18.9 Å². The SMILES string of the molecule is C[C@H](C[C@@H](F)Cn1ccc2cc(-c3ncc(OCCO)cn3)c(F)cc2c1=O)Nc1cn[nH]c(=O)c1C(F)(F)F. The fourth-order valence-electron chi connectivity index (χ4n) is 4.10. The Labute approximate surface area is 222 Å². The quantitative estimate of drug-likeness (QED) is 0.249.